The van der Waals surface area contributed by atoms with Crippen LogP contribution in [-0.2, 0) is 11.3 Å². The zero-order chi connectivity index (χ0) is 17.3. The van der Waals surface area contributed by atoms with Crippen molar-refractivity contribution in [2.24, 2.45) is 5.92 Å². The first-order valence-corrected chi connectivity index (χ1v) is 8.50. The highest BCUT2D eigenvalue weighted by Gasteiger charge is 2.30. The third kappa shape index (κ3) is 3.00. The Morgan fingerprint density at radius 1 is 1.29 bits per heavy atom. The van der Waals surface area contributed by atoms with Gasteiger partial charge in [-0.1, -0.05) is 26.0 Å². The summed E-state index contributed by atoms with van der Waals surface area (Å²) in [4.78, 5) is 40.9. The van der Waals surface area contributed by atoms with Crippen LogP contribution >= 0.6 is 0 Å². The lowest BCUT2D eigenvalue weighted by molar-refractivity contribution is -0.133. The SMILES string of the molecule is CC(C)C1CCCN1C(=O)CCn1c(=O)[nH]c(=O)c2ccccc21. The molecule has 1 aromatic carbocycles. The molecule has 1 N–H and O–H groups in total. The van der Waals surface area contributed by atoms with Gasteiger partial charge in [0, 0.05) is 25.6 Å². The maximum atomic E-state index is 12.6. The Kier molecular flexibility index (Phi) is 4.55. The zero-order valence-electron chi connectivity index (χ0n) is 14.1. The lowest BCUT2D eigenvalue weighted by Gasteiger charge is -2.28. The number of benzene rings is 1. The van der Waals surface area contributed by atoms with Crippen LogP contribution in [0.3, 0.4) is 0 Å². The Bertz CT molecular complexity index is 866. The number of aromatic nitrogens is 2. The van der Waals surface area contributed by atoms with E-state index in [0.29, 0.717) is 22.9 Å². The number of fused-ring (bicyclic) bond motifs is 1. The van der Waals surface area contributed by atoms with E-state index in [1.54, 1.807) is 24.3 Å². The predicted molar refractivity (Wildman–Crippen MR) is 93.0 cm³/mol. The van der Waals surface area contributed by atoms with Gasteiger partial charge in [-0.15, -0.1) is 0 Å². The first kappa shape index (κ1) is 16.5. The van der Waals surface area contributed by atoms with Crippen molar-refractivity contribution < 1.29 is 4.79 Å². The largest absolute Gasteiger partial charge is 0.339 e. The topological polar surface area (TPSA) is 75.2 Å². The summed E-state index contributed by atoms with van der Waals surface area (Å²) in [6.45, 7) is 5.34. The lowest BCUT2D eigenvalue weighted by Crippen LogP contribution is -2.39. The smallest absolute Gasteiger partial charge is 0.328 e. The Labute approximate surface area is 140 Å². The monoisotopic (exact) mass is 329 g/mol. The molecule has 1 aromatic heterocycles. The Morgan fingerprint density at radius 3 is 2.79 bits per heavy atom. The van der Waals surface area contributed by atoms with Crippen molar-refractivity contribution in [3.63, 3.8) is 0 Å². The van der Waals surface area contributed by atoms with E-state index in [1.807, 2.05) is 4.90 Å². The van der Waals surface area contributed by atoms with Gasteiger partial charge in [-0.3, -0.25) is 19.1 Å². The van der Waals surface area contributed by atoms with Crippen molar-refractivity contribution in [3.05, 3.63) is 45.1 Å². The number of hydrogen-bond donors (Lipinski definition) is 1. The van der Waals surface area contributed by atoms with Crippen LogP contribution in [0.5, 0.6) is 0 Å². The molecular weight excluding hydrogens is 306 g/mol. The second-order valence-electron chi connectivity index (χ2n) is 6.72. The molecule has 2 heterocycles. The van der Waals surface area contributed by atoms with E-state index >= 15 is 0 Å². The second kappa shape index (κ2) is 6.63. The average molecular weight is 329 g/mol. The number of rotatable bonds is 4. The molecule has 6 nitrogen and oxygen atoms in total. The van der Waals surface area contributed by atoms with Crippen molar-refractivity contribution >= 4 is 16.8 Å². The quantitative estimate of drug-likeness (QED) is 0.928. The van der Waals surface area contributed by atoms with E-state index in [-0.39, 0.29) is 18.9 Å². The maximum absolute atomic E-state index is 12.6. The number of likely N-dealkylation sites (tertiary alicyclic amines) is 1. The molecule has 1 saturated heterocycles. The fourth-order valence-electron chi connectivity index (χ4n) is 3.61. The minimum atomic E-state index is -0.465. The number of carbonyl (C=O) groups is 1. The van der Waals surface area contributed by atoms with Gasteiger partial charge in [0.15, 0.2) is 0 Å². The molecule has 0 spiro atoms. The van der Waals surface area contributed by atoms with Crippen molar-refractivity contribution in [2.75, 3.05) is 6.54 Å². The van der Waals surface area contributed by atoms with Crippen LogP contribution in [0.1, 0.15) is 33.1 Å². The molecule has 6 heteroatoms. The lowest BCUT2D eigenvalue weighted by atomic mass is 10.0. The van der Waals surface area contributed by atoms with Crippen LogP contribution in [0.4, 0.5) is 0 Å². The molecule has 128 valence electrons. The number of H-pyrrole nitrogens is 1. The van der Waals surface area contributed by atoms with Gasteiger partial charge in [0.05, 0.1) is 10.9 Å². The number of aromatic amines is 1. The van der Waals surface area contributed by atoms with Crippen LogP contribution < -0.4 is 11.2 Å². The molecule has 0 bridgehead atoms. The summed E-state index contributed by atoms with van der Waals surface area (Å²) in [6, 6.07) is 7.26. The van der Waals surface area contributed by atoms with Crippen LogP contribution in [0.25, 0.3) is 10.9 Å². The molecule has 0 radical (unpaired) electrons. The van der Waals surface area contributed by atoms with Crippen LogP contribution in [-0.4, -0.2) is 32.9 Å². The highest BCUT2D eigenvalue weighted by molar-refractivity contribution is 5.79. The van der Waals surface area contributed by atoms with Crippen molar-refractivity contribution in [2.45, 2.75) is 45.7 Å². The Hall–Kier alpha value is -2.37. The molecule has 0 saturated carbocycles. The number of amides is 1. The minimum absolute atomic E-state index is 0.0772. The number of para-hydroxylation sites is 1. The van der Waals surface area contributed by atoms with Crippen molar-refractivity contribution in [1.29, 1.82) is 0 Å². The van der Waals surface area contributed by atoms with Gasteiger partial charge in [-0.05, 0) is 30.9 Å². The minimum Gasteiger partial charge on any atom is -0.339 e. The standard InChI is InChI=1S/C18H23N3O3/c1-12(2)14-8-5-10-20(14)16(22)9-11-21-15-7-4-3-6-13(15)17(23)19-18(21)24/h3-4,6-7,12,14H,5,8-11H2,1-2H3,(H,19,23,24). The van der Waals surface area contributed by atoms with Gasteiger partial charge in [0.1, 0.15) is 0 Å². The summed E-state index contributed by atoms with van der Waals surface area (Å²) in [7, 11) is 0. The molecule has 1 atom stereocenters. The number of aryl methyl sites for hydroxylation is 1. The predicted octanol–water partition coefficient (Wildman–Crippen LogP) is 1.73. The number of nitrogens with one attached hydrogen (secondary N) is 1. The maximum Gasteiger partial charge on any atom is 0.328 e. The highest BCUT2D eigenvalue weighted by atomic mass is 16.2. The molecule has 1 unspecified atom stereocenters. The third-order valence-electron chi connectivity index (χ3n) is 4.84. The van der Waals surface area contributed by atoms with Gasteiger partial charge in [0.25, 0.3) is 5.56 Å². The van der Waals surface area contributed by atoms with Gasteiger partial charge in [-0.25, -0.2) is 4.79 Å². The fraction of sp³-hybridized carbons (Fsp3) is 0.500. The third-order valence-corrected chi connectivity index (χ3v) is 4.84. The first-order valence-electron chi connectivity index (χ1n) is 8.50. The van der Waals surface area contributed by atoms with Crippen LogP contribution in [0.15, 0.2) is 33.9 Å². The molecular formula is C18H23N3O3. The Morgan fingerprint density at radius 2 is 2.04 bits per heavy atom. The zero-order valence-corrected chi connectivity index (χ0v) is 14.1. The van der Waals surface area contributed by atoms with Crippen LogP contribution in [0, 0.1) is 5.92 Å². The Balaban J connectivity index is 1.83. The fourth-order valence-corrected chi connectivity index (χ4v) is 3.61. The molecule has 24 heavy (non-hydrogen) atoms. The second-order valence-corrected chi connectivity index (χ2v) is 6.72. The molecule has 1 aliphatic rings. The number of hydrogen-bond acceptors (Lipinski definition) is 3. The first-order chi connectivity index (χ1) is 11.5. The summed E-state index contributed by atoms with van der Waals surface area (Å²) in [5.41, 5.74) is -0.285. The summed E-state index contributed by atoms with van der Waals surface area (Å²) >= 11 is 0. The number of carbonyl (C=O) groups excluding carboxylic acids is 1. The van der Waals surface area contributed by atoms with Gasteiger partial charge < -0.3 is 4.90 Å². The van der Waals surface area contributed by atoms with Gasteiger partial charge >= 0.3 is 5.69 Å². The van der Waals surface area contributed by atoms with Crippen molar-refractivity contribution in [3.8, 4) is 0 Å². The normalized spacial score (nSPS) is 17.8. The molecule has 1 aliphatic heterocycles. The molecule has 3 rings (SSSR count). The molecule has 2 aromatic rings. The molecule has 1 fully saturated rings. The van der Waals surface area contributed by atoms with Crippen LogP contribution in [0.2, 0.25) is 0 Å². The molecule has 1 amide bonds. The number of nitrogens with zero attached hydrogens (tertiary/aromatic N) is 2. The summed E-state index contributed by atoms with van der Waals surface area (Å²) in [6.07, 6.45) is 2.35. The van der Waals surface area contributed by atoms with E-state index < -0.39 is 11.2 Å². The van der Waals surface area contributed by atoms with E-state index in [4.69, 9.17) is 0 Å². The molecule has 0 aliphatic carbocycles. The van der Waals surface area contributed by atoms with E-state index in [1.165, 1.54) is 4.57 Å². The van der Waals surface area contributed by atoms with Gasteiger partial charge in [-0.2, -0.15) is 0 Å². The average Bonchev–Trinajstić information content (AvgIpc) is 3.04. The van der Waals surface area contributed by atoms with E-state index in [9.17, 15) is 14.4 Å². The summed E-state index contributed by atoms with van der Waals surface area (Å²) in [5, 5.41) is 0.464. The summed E-state index contributed by atoms with van der Waals surface area (Å²) in [5.74, 6) is 0.515. The summed E-state index contributed by atoms with van der Waals surface area (Å²) < 4.78 is 1.48. The van der Waals surface area contributed by atoms with E-state index in [2.05, 4.69) is 18.8 Å². The highest BCUT2D eigenvalue weighted by Crippen LogP contribution is 2.24. The van der Waals surface area contributed by atoms with E-state index in [0.717, 1.165) is 19.4 Å². The van der Waals surface area contributed by atoms with Gasteiger partial charge in [0.2, 0.25) is 5.91 Å². The van der Waals surface area contributed by atoms with Crippen molar-refractivity contribution in [1.82, 2.24) is 14.5 Å².